The Morgan fingerprint density at radius 2 is 1.42 bits per heavy atom. The Labute approximate surface area is 181 Å². The third kappa shape index (κ3) is 4.15. The summed E-state index contributed by atoms with van der Waals surface area (Å²) in [5.74, 6) is 2.83. The maximum atomic E-state index is 13.0. The molecule has 0 N–H and O–H groups in total. The third-order valence-corrected chi connectivity index (χ3v) is 6.10. The molecule has 5 rings (SSSR count). The second-order valence-corrected chi connectivity index (χ2v) is 8.22. The zero-order chi connectivity index (χ0) is 21.2. The van der Waals surface area contributed by atoms with E-state index in [1.54, 1.807) is 12.4 Å². The van der Waals surface area contributed by atoms with E-state index in [0.717, 1.165) is 54.7 Å². The van der Waals surface area contributed by atoms with Crippen LogP contribution in [0.15, 0.2) is 36.7 Å². The van der Waals surface area contributed by atoms with Crippen LogP contribution in [0.2, 0.25) is 0 Å². The van der Waals surface area contributed by atoms with Gasteiger partial charge in [-0.25, -0.2) is 9.97 Å². The average molecular weight is 418 g/mol. The number of hydrogen-bond donors (Lipinski definition) is 0. The summed E-state index contributed by atoms with van der Waals surface area (Å²) in [5, 5.41) is 0. The van der Waals surface area contributed by atoms with Crippen LogP contribution in [-0.4, -0.2) is 70.0 Å². The number of piperidine rings is 1. The molecular weight excluding hydrogens is 390 g/mol. The predicted octanol–water partition coefficient (Wildman–Crippen LogP) is 2.68. The average Bonchev–Trinajstić information content (AvgIpc) is 2.83. The lowest BCUT2D eigenvalue weighted by Crippen LogP contribution is -2.49. The van der Waals surface area contributed by atoms with Crippen LogP contribution in [0, 0.1) is 6.92 Å². The first kappa shape index (κ1) is 19.7. The van der Waals surface area contributed by atoms with Crippen LogP contribution in [0.4, 0.5) is 11.6 Å². The summed E-state index contributed by atoms with van der Waals surface area (Å²) in [6, 6.07) is 7.63. The number of rotatable bonds is 3. The van der Waals surface area contributed by atoms with Gasteiger partial charge in [-0.05, 0) is 44.4 Å². The number of piperazine rings is 1. The standard InChI is InChI=1S/C23H27N7O/c1-17-26-21(28-9-3-2-4-10-28)16-22(27-17)29-11-13-30(14-12-29)23(31)18-5-6-19-20(15-18)25-8-7-24-19/h5-8,15-16H,2-4,9-14H2,1H3. The second kappa shape index (κ2) is 8.45. The van der Waals surface area contributed by atoms with Crippen molar-refractivity contribution in [3.63, 3.8) is 0 Å². The summed E-state index contributed by atoms with van der Waals surface area (Å²) < 4.78 is 0. The van der Waals surface area contributed by atoms with Crippen molar-refractivity contribution in [2.24, 2.45) is 0 Å². The normalized spacial score (nSPS) is 17.3. The number of benzene rings is 1. The molecule has 3 aromatic rings. The topological polar surface area (TPSA) is 78.4 Å². The number of aryl methyl sites for hydroxylation is 1. The molecule has 1 aromatic carbocycles. The number of anilines is 2. The highest BCUT2D eigenvalue weighted by atomic mass is 16.2. The number of amides is 1. The highest BCUT2D eigenvalue weighted by Gasteiger charge is 2.24. The lowest BCUT2D eigenvalue weighted by atomic mass is 10.1. The van der Waals surface area contributed by atoms with Gasteiger partial charge in [0.25, 0.3) is 5.91 Å². The fraction of sp³-hybridized carbons (Fsp3) is 0.435. The molecule has 0 bridgehead atoms. The molecule has 31 heavy (non-hydrogen) atoms. The Bertz CT molecular complexity index is 1090. The highest BCUT2D eigenvalue weighted by Crippen LogP contribution is 2.23. The largest absolute Gasteiger partial charge is 0.356 e. The van der Waals surface area contributed by atoms with Gasteiger partial charge in [-0.3, -0.25) is 14.8 Å². The summed E-state index contributed by atoms with van der Waals surface area (Å²) in [4.78, 5) is 37.5. The number of fused-ring (bicyclic) bond motifs is 1. The van der Waals surface area contributed by atoms with Crippen molar-refractivity contribution in [1.82, 2.24) is 24.8 Å². The first-order chi connectivity index (χ1) is 15.2. The summed E-state index contributed by atoms with van der Waals surface area (Å²) in [7, 11) is 0. The molecule has 0 saturated carbocycles. The van der Waals surface area contributed by atoms with Gasteiger partial charge in [-0.1, -0.05) is 0 Å². The van der Waals surface area contributed by atoms with Crippen LogP contribution in [0.25, 0.3) is 11.0 Å². The van der Waals surface area contributed by atoms with E-state index in [9.17, 15) is 4.79 Å². The molecular formula is C23H27N7O. The fourth-order valence-electron chi connectivity index (χ4n) is 4.40. The molecule has 0 atom stereocenters. The van der Waals surface area contributed by atoms with Gasteiger partial charge in [0.2, 0.25) is 0 Å². The van der Waals surface area contributed by atoms with Crippen molar-refractivity contribution in [2.45, 2.75) is 26.2 Å². The number of nitrogens with zero attached hydrogens (tertiary/aromatic N) is 7. The van der Waals surface area contributed by atoms with Gasteiger partial charge in [0.05, 0.1) is 11.0 Å². The molecule has 0 spiro atoms. The summed E-state index contributed by atoms with van der Waals surface area (Å²) in [5.41, 5.74) is 2.20. The number of carbonyl (C=O) groups excluding carboxylic acids is 1. The molecule has 2 saturated heterocycles. The zero-order valence-corrected chi connectivity index (χ0v) is 17.9. The van der Waals surface area contributed by atoms with Crippen LogP contribution in [-0.2, 0) is 0 Å². The number of carbonyl (C=O) groups is 1. The van der Waals surface area contributed by atoms with E-state index >= 15 is 0 Å². The van der Waals surface area contributed by atoms with E-state index in [2.05, 4.69) is 35.8 Å². The molecule has 2 aliphatic heterocycles. The summed E-state index contributed by atoms with van der Waals surface area (Å²) in [6.45, 7) is 6.94. The van der Waals surface area contributed by atoms with Crippen molar-refractivity contribution in [3.05, 3.63) is 48.0 Å². The lowest BCUT2D eigenvalue weighted by molar-refractivity contribution is 0.0746. The summed E-state index contributed by atoms with van der Waals surface area (Å²) >= 11 is 0. The van der Waals surface area contributed by atoms with E-state index in [1.165, 1.54) is 19.3 Å². The fourth-order valence-corrected chi connectivity index (χ4v) is 4.40. The molecule has 0 radical (unpaired) electrons. The van der Waals surface area contributed by atoms with Crippen molar-refractivity contribution < 1.29 is 4.79 Å². The molecule has 8 nitrogen and oxygen atoms in total. The Morgan fingerprint density at radius 1 is 0.774 bits per heavy atom. The minimum absolute atomic E-state index is 0.0417. The van der Waals surface area contributed by atoms with E-state index in [0.29, 0.717) is 18.7 Å². The Morgan fingerprint density at radius 3 is 2.13 bits per heavy atom. The lowest BCUT2D eigenvalue weighted by Gasteiger charge is -2.36. The molecule has 2 aliphatic rings. The van der Waals surface area contributed by atoms with Gasteiger partial charge >= 0.3 is 0 Å². The molecule has 8 heteroatoms. The maximum absolute atomic E-state index is 13.0. The van der Waals surface area contributed by atoms with Gasteiger partial charge in [-0.15, -0.1) is 0 Å². The molecule has 2 aromatic heterocycles. The van der Waals surface area contributed by atoms with E-state index in [4.69, 9.17) is 0 Å². The first-order valence-electron chi connectivity index (χ1n) is 11.0. The minimum atomic E-state index is 0.0417. The Hall–Kier alpha value is -3.29. The van der Waals surface area contributed by atoms with Crippen molar-refractivity contribution in [2.75, 3.05) is 49.1 Å². The van der Waals surface area contributed by atoms with E-state index < -0.39 is 0 Å². The molecule has 160 valence electrons. The van der Waals surface area contributed by atoms with E-state index in [1.807, 2.05) is 30.0 Å². The van der Waals surface area contributed by atoms with Crippen LogP contribution >= 0.6 is 0 Å². The predicted molar refractivity (Wildman–Crippen MR) is 120 cm³/mol. The van der Waals surface area contributed by atoms with Crippen molar-refractivity contribution in [1.29, 1.82) is 0 Å². The van der Waals surface area contributed by atoms with Gasteiger partial charge in [-0.2, -0.15) is 0 Å². The third-order valence-electron chi connectivity index (χ3n) is 6.10. The zero-order valence-electron chi connectivity index (χ0n) is 17.9. The van der Waals surface area contributed by atoms with Crippen LogP contribution in [0.1, 0.15) is 35.4 Å². The quantitative estimate of drug-likeness (QED) is 0.648. The monoisotopic (exact) mass is 417 g/mol. The van der Waals surface area contributed by atoms with E-state index in [-0.39, 0.29) is 5.91 Å². The van der Waals surface area contributed by atoms with Gasteiger partial charge in [0.1, 0.15) is 17.5 Å². The minimum Gasteiger partial charge on any atom is -0.356 e. The van der Waals surface area contributed by atoms with Crippen molar-refractivity contribution in [3.8, 4) is 0 Å². The number of aromatic nitrogens is 4. The van der Waals surface area contributed by atoms with Gasteiger partial charge in [0.15, 0.2) is 0 Å². The molecule has 0 unspecified atom stereocenters. The Balaban J connectivity index is 1.27. The smallest absolute Gasteiger partial charge is 0.254 e. The molecule has 1 amide bonds. The molecule has 2 fully saturated rings. The second-order valence-electron chi connectivity index (χ2n) is 8.22. The van der Waals surface area contributed by atoms with Gasteiger partial charge < -0.3 is 14.7 Å². The van der Waals surface area contributed by atoms with Crippen LogP contribution in [0.5, 0.6) is 0 Å². The summed E-state index contributed by atoms with van der Waals surface area (Å²) in [6.07, 6.45) is 7.05. The van der Waals surface area contributed by atoms with Crippen LogP contribution in [0.3, 0.4) is 0 Å². The SMILES string of the molecule is Cc1nc(N2CCCCC2)cc(N2CCN(C(=O)c3ccc4nccnc4c3)CC2)n1. The highest BCUT2D eigenvalue weighted by molar-refractivity contribution is 5.97. The first-order valence-corrected chi connectivity index (χ1v) is 11.0. The molecule has 4 heterocycles. The van der Waals surface area contributed by atoms with Crippen LogP contribution < -0.4 is 9.80 Å². The van der Waals surface area contributed by atoms with Gasteiger partial charge in [0, 0.05) is 63.3 Å². The number of hydrogen-bond acceptors (Lipinski definition) is 7. The molecule has 0 aliphatic carbocycles. The van der Waals surface area contributed by atoms with Crippen molar-refractivity contribution >= 4 is 28.6 Å². The Kier molecular flexibility index (Phi) is 5.36. The maximum Gasteiger partial charge on any atom is 0.254 e.